The van der Waals surface area contributed by atoms with E-state index in [4.69, 9.17) is 0 Å². The first-order valence-electron chi connectivity index (χ1n) is 5.82. The molecule has 1 amide bonds. The molecule has 10 nitrogen and oxygen atoms in total. The van der Waals surface area contributed by atoms with E-state index >= 15 is 0 Å². The van der Waals surface area contributed by atoms with Gasteiger partial charge < -0.3 is 9.47 Å². The molecular formula is C10H16N4O6S. The average Bonchev–Trinajstić information content (AvgIpc) is 2.73. The first kappa shape index (κ1) is 16.8. The van der Waals surface area contributed by atoms with Gasteiger partial charge in [0, 0.05) is 6.20 Å². The first-order valence-corrected chi connectivity index (χ1v) is 7.30. The van der Waals surface area contributed by atoms with E-state index in [1.54, 1.807) is 18.6 Å². The quantitative estimate of drug-likeness (QED) is 0.697. The third-order valence-corrected chi connectivity index (χ3v) is 2.90. The van der Waals surface area contributed by atoms with Gasteiger partial charge in [0.05, 0.1) is 25.1 Å². The maximum absolute atomic E-state index is 11.6. The number of esters is 1. The van der Waals surface area contributed by atoms with E-state index in [1.165, 1.54) is 24.2 Å². The Morgan fingerprint density at radius 1 is 1.43 bits per heavy atom. The molecule has 1 aromatic heterocycles. The molecule has 0 radical (unpaired) electrons. The van der Waals surface area contributed by atoms with Crippen molar-refractivity contribution in [3.8, 4) is 0 Å². The van der Waals surface area contributed by atoms with Crippen molar-refractivity contribution < 1.29 is 27.5 Å². The minimum absolute atomic E-state index is 0.0729. The van der Waals surface area contributed by atoms with Crippen LogP contribution in [-0.2, 0) is 31.0 Å². The van der Waals surface area contributed by atoms with Crippen LogP contribution < -0.4 is 9.44 Å². The molecule has 21 heavy (non-hydrogen) atoms. The number of amides is 1. The molecule has 11 heteroatoms. The molecule has 1 rings (SSSR count). The van der Waals surface area contributed by atoms with Gasteiger partial charge in [0.2, 0.25) is 0 Å². The summed E-state index contributed by atoms with van der Waals surface area (Å²) in [4.78, 5) is 22.2. The highest BCUT2D eigenvalue weighted by atomic mass is 32.2. The molecule has 0 aliphatic rings. The van der Waals surface area contributed by atoms with E-state index in [1.807, 2.05) is 0 Å². The zero-order valence-electron chi connectivity index (χ0n) is 11.7. The lowest BCUT2D eigenvalue weighted by molar-refractivity contribution is -0.141. The van der Waals surface area contributed by atoms with Gasteiger partial charge in [0.15, 0.2) is 0 Å². The van der Waals surface area contributed by atoms with Crippen LogP contribution in [0.25, 0.3) is 0 Å². The number of aromatic nitrogens is 2. The third kappa shape index (κ3) is 6.12. The van der Waals surface area contributed by atoms with Gasteiger partial charge in [-0.1, -0.05) is 0 Å². The Kier molecular flexibility index (Phi) is 5.52. The minimum Gasteiger partial charge on any atom is -0.468 e. The van der Waals surface area contributed by atoms with Gasteiger partial charge in [-0.2, -0.15) is 13.5 Å². The van der Waals surface area contributed by atoms with Crippen LogP contribution in [0.3, 0.4) is 0 Å². The second-order valence-corrected chi connectivity index (χ2v) is 5.58. The molecule has 0 bridgehead atoms. The number of carbonyl (C=O) groups is 2. The average molecular weight is 320 g/mol. The smallest absolute Gasteiger partial charge is 0.422 e. The SMILES string of the molecule is COC(=O)Cn1cc(NS(=O)(=O)NC(=O)OC(C)C)cn1. The van der Waals surface area contributed by atoms with Crippen molar-refractivity contribution in [3.05, 3.63) is 12.4 Å². The molecule has 0 fully saturated rings. The van der Waals surface area contributed by atoms with Gasteiger partial charge in [-0.3, -0.25) is 14.2 Å². The van der Waals surface area contributed by atoms with Crippen molar-refractivity contribution in [1.82, 2.24) is 14.5 Å². The third-order valence-electron chi connectivity index (χ3n) is 1.96. The first-order chi connectivity index (χ1) is 9.71. The van der Waals surface area contributed by atoms with Crippen LogP contribution in [-0.4, -0.2) is 43.5 Å². The van der Waals surface area contributed by atoms with Gasteiger partial charge in [-0.15, -0.1) is 0 Å². The predicted molar refractivity (Wildman–Crippen MR) is 71.5 cm³/mol. The largest absolute Gasteiger partial charge is 0.468 e. The summed E-state index contributed by atoms with van der Waals surface area (Å²) in [6, 6.07) is 0. The van der Waals surface area contributed by atoms with Crippen molar-refractivity contribution in [2.24, 2.45) is 0 Å². The van der Waals surface area contributed by atoms with Crippen molar-refractivity contribution in [3.63, 3.8) is 0 Å². The number of carbonyl (C=O) groups excluding carboxylic acids is 2. The normalized spacial score (nSPS) is 11.0. The lowest BCUT2D eigenvalue weighted by Crippen LogP contribution is -2.36. The Bertz CT molecular complexity index is 609. The van der Waals surface area contributed by atoms with Crippen molar-refractivity contribution in [2.75, 3.05) is 11.8 Å². The lowest BCUT2D eigenvalue weighted by Gasteiger charge is -2.10. The summed E-state index contributed by atoms with van der Waals surface area (Å²) >= 11 is 0. The summed E-state index contributed by atoms with van der Waals surface area (Å²) < 4.78 is 37.2. The maximum atomic E-state index is 11.6. The number of nitrogens with one attached hydrogen (secondary N) is 2. The molecule has 0 aliphatic carbocycles. The van der Waals surface area contributed by atoms with Gasteiger partial charge in [0.1, 0.15) is 6.54 Å². The van der Waals surface area contributed by atoms with Crippen LogP contribution in [0, 0.1) is 0 Å². The van der Waals surface area contributed by atoms with Crippen LogP contribution in [0.2, 0.25) is 0 Å². The van der Waals surface area contributed by atoms with E-state index in [9.17, 15) is 18.0 Å². The summed E-state index contributed by atoms with van der Waals surface area (Å²) in [5.41, 5.74) is 0.0729. The highest BCUT2D eigenvalue weighted by Crippen LogP contribution is 2.07. The van der Waals surface area contributed by atoms with Crippen LogP contribution >= 0.6 is 0 Å². The molecule has 0 saturated carbocycles. The monoisotopic (exact) mass is 320 g/mol. The van der Waals surface area contributed by atoms with Crippen molar-refractivity contribution in [2.45, 2.75) is 26.5 Å². The highest BCUT2D eigenvalue weighted by Gasteiger charge is 2.17. The van der Waals surface area contributed by atoms with Gasteiger partial charge in [-0.25, -0.2) is 9.52 Å². The Morgan fingerprint density at radius 2 is 2.10 bits per heavy atom. The van der Waals surface area contributed by atoms with E-state index in [0.29, 0.717) is 0 Å². The molecule has 2 N–H and O–H groups in total. The summed E-state index contributed by atoms with van der Waals surface area (Å²) in [5, 5.41) is 3.76. The van der Waals surface area contributed by atoms with Crippen molar-refractivity contribution >= 4 is 28.0 Å². The summed E-state index contributed by atoms with van der Waals surface area (Å²) in [7, 11) is -2.92. The fourth-order valence-corrected chi connectivity index (χ4v) is 1.96. The van der Waals surface area contributed by atoms with Gasteiger partial charge in [-0.05, 0) is 13.8 Å². The van der Waals surface area contributed by atoms with E-state index in [0.717, 1.165) is 0 Å². The molecule has 118 valence electrons. The topological polar surface area (TPSA) is 129 Å². The van der Waals surface area contributed by atoms with Crippen molar-refractivity contribution in [1.29, 1.82) is 0 Å². The van der Waals surface area contributed by atoms with Crippen LogP contribution in [0.15, 0.2) is 12.4 Å². The maximum Gasteiger partial charge on any atom is 0.422 e. The number of hydrogen-bond acceptors (Lipinski definition) is 7. The zero-order valence-corrected chi connectivity index (χ0v) is 12.5. The minimum atomic E-state index is -4.14. The molecule has 0 atom stereocenters. The Balaban J connectivity index is 2.63. The number of rotatable bonds is 6. The van der Waals surface area contributed by atoms with Gasteiger partial charge >= 0.3 is 22.3 Å². The number of nitrogens with zero attached hydrogens (tertiary/aromatic N) is 2. The van der Waals surface area contributed by atoms with E-state index in [-0.39, 0.29) is 12.2 Å². The molecule has 0 aliphatic heterocycles. The standard InChI is InChI=1S/C10H16N4O6S/c1-7(2)20-10(16)13-21(17,18)12-8-4-11-14(5-8)6-9(15)19-3/h4-5,7,12H,6H2,1-3H3,(H,13,16). The molecule has 0 aromatic carbocycles. The van der Waals surface area contributed by atoms with Crippen LogP contribution in [0.5, 0.6) is 0 Å². The van der Waals surface area contributed by atoms with Gasteiger partial charge in [0.25, 0.3) is 0 Å². The number of ether oxygens (including phenoxy) is 2. The number of hydrogen-bond donors (Lipinski definition) is 2. The summed E-state index contributed by atoms with van der Waals surface area (Å²) in [6.45, 7) is 2.99. The number of methoxy groups -OCH3 is 1. The van der Waals surface area contributed by atoms with E-state index in [2.05, 4.69) is 19.3 Å². The predicted octanol–water partition coefficient (Wildman–Crippen LogP) is -0.153. The molecule has 1 aromatic rings. The van der Waals surface area contributed by atoms with Crippen LogP contribution in [0.1, 0.15) is 13.8 Å². The van der Waals surface area contributed by atoms with Crippen LogP contribution in [0.4, 0.5) is 10.5 Å². The molecule has 0 saturated heterocycles. The summed E-state index contributed by atoms with van der Waals surface area (Å²) in [5.74, 6) is -0.536. The molecule has 0 unspecified atom stereocenters. The summed E-state index contributed by atoms with van der Waals surface area (Å²) in [6.07, 6.45) is 0.891. The highest BCUT2D eigenvalue weighted by molar-refractivity contribution is 7.91. The fourth-order valence-electron chi connectivity index (χ4n) is 1.23. The second-order valence-electron chi connectivity index (χ2n) is 4.16. The Morgan fingerprint density at radius 3 is 2.67 bits per heavy atom. The molecule has 1 heterocycles. The Labute approximate surface area is 121 Å². The fraction of sp³-hybridized carbons (Fsp3) is 0.500. The number of anilines is 1. The Hall–Kier alpha value is -2.30. The second kappa shape index (κ2) is 6.92. The van der Waals surface area contributed by atoms with E-state index < -0.39 is 28.4 Å². The molecular weight excluding hydrogens is 304 g/mol. The zero-order chi connectivity index (χ0) is 16.0. The lowest BCUT2D eigenvalue weighted by atomic mass is 10.5. The molecule has 0 spiro atoms.